The van der Waals surface area contributed by atoms with Crippen molar-refractivity contribution < 1.29 is 9.53 Å². The third-order valence-corrected chi connectivity index (χ3v) is 6.75. The molecule has 1 amide bonds. The van der Waals surface area contributed by atoms with Gasteiger partial charge >= 0.3 is 0 Å². The van der Waals surface area contributed by atoms with E-state index in [0.717, 1.165) is 44.1 Å². The topological polar surface area (TPSA) is 32.8 Å². The van der Waals surface area contributed by atoms with Gasteiger partial charge in [-0.3, -0.25) is 14.6 Å². The lowest BCUT2D eigenvalue weighted by Crippen LogP contribution is -2.43. The number of rotatable bonds is 4. The number of ether oxygens (including phenoxy) is 1. The lowest BCUT2D eigenvalue weighted by molar-refractivity contribution is -0.118. The molecule has 27 heavy (non-hydrogen) atoms. The molecule has 2 atom stereocenters. The number of hydrogen-bond acceptors (Lipinski definition) is 4. The summed E-state index contributed by atoms with van der Waals surface area (Å²) in [7, 11) is 0. The molecule has 0 aliphatic carbocycles. The standard InChI is InChI=1S/C20H20Cl2N2O2S/c21-15-3-1-14(2-4-15)20-24(17-7-5-16(22)6-8-17)19(25)18(27-20)13-23-9-11-26-12-10-23/h1-8,18,20H,9-13H2. The highest BCUT2D eigenvalue weighted by Gasteiger charge is 2.42. The van der Waals surface area contributed by atoms with Gasteiger partial charge in [-0.15, -0.1) is 11.8 Å². The van der Waals surface area contributed by atoms with Crippen LogP contribution in [0.25, 0.3) is 0 Å². The Kier molecular flexibility index (Phi) is 5.95. The Bertz CT molecular complexity index is 795. The lowest BCUT2D eigenvalue weighted by atomic mass is 10.1. The van der Waals surface area contributed by atoms with Gasteiger partial charge in [0.05, 0.1) is 18.5 Å². The Labute approximate surface area is 173 Å². The molecule has 2 fully saturated rings. The molecule has 0 radical (unpaired) electrons. The summed E-state index contributed by atoms with van der Waals surface area (Å²) >= 11 is 13.8. The molecule has 0 spiro atoms. The molecule has 0 aromatic heterocycles. The van der Waals surface area contributed by atoms with Crippen molar-refractivity contribution in [2.45, 2.75) is 10.6 Å². The molecule has 2 unspecified atom stereocenters. The summed E-state index contributed by atoms with van der Waals surface area (Å²) in [6, 6.07) is 15.2. The summed E-state index contributed by atoms with van der Waals surface area (Å²) in [6.45, 7) is 3.94. The first kappa shape index (κ1) is 19.1. The normalized spacial score (nSPS) is 23.8. The molecule has 2 saturated heterocycles. The minimum absolute atomic E-state index is 0.0815. The van der Waals surface area contributed by atoms with Crippen molar-refractivity contribution >= 4 is 46.6 Å². The van der Waals surface area contributed by atoms with E-state index in [9.17, 15) is 4.79 Å². The predicted octanol–water partition coefficient (Wildman–Crippen LogP) is 4.47. The molecule has 0 saturated carbocycles. The van der Waals surface area contributed by atoms with Crippen molar-refractivity contribution in [2.75, 3.05) is 37.7 Å². The Morgan fingerprint density at radius 2 is 1.56 bits per heavy atom. The predicted molar refractivity (Wildman–Crippen MR) is 112 cm³/mol. The van der Waals surface area contributed by atoms with Crippen molar-refractivity contribution in [1.29, 1.82) is 0 Å². The Morgan fingerprint density at radius 1 is 0.963 bits per heavy atom. The molecule has 2 aromatic rings. The number of carbonyl (C=O) groups is 1. The first-order chi connectivity index (χ1) is 13.1. The van der Waals surface area contributed by atoms with Crippen LogP contribution in [0.1, 0.15) is 10.9 Å². The number of morpholine rings is 1. The van der Waals surface area contributed by atoms with Gasteiger partial charge in [-0.1, -0.05) is 35.3 Å². The van der Waals surface area contributed by atoms with Gasteiger partial charge in [0.1, 0.15) is 5.37 Å². The number of halogens is 2. The van der Waals surface area contributed by atoms with Crippen LogP contribution in [0.5, 0.6) is 0 Å². The van der Waals surface area contributed by atoms with E-state index in [1.165, 1.54) is 0 Å². The van der Waals surface area contributed by atoms with Crippen LogP contribution in [0.15, 0.2) is 48.5 Å². The minimum Gasteiger partial charge on any atom is -0.379 e. The molecule has 2 heterocycles. The molecule has 2 aliphatic heterocycles. The number of amides is 1. The third kappa shape index (κ3) is 4.28. The molecule has 7 heteroatoms. The Balaban J connectivity index is 1.62. The Hall–Kier alpha value is -1.24. The Morgan fingerprint density at radius 3 is 2.19 bits per heavy atom. The van der Waals surface area contributed by atoms with Crippen LogP contribution >= 0.6 is 35.0 Å². The summed E-state index contributed by atoms with van der Waals surface area (Å²) in [5.74, 6) is 0.133. The molecule has 4 rings (SSSR count). The van der Waals surface area contributed by atoms with Crippen molar-refractivity contribution in [3.05, 3.63) is 64.1 Å². The van der Waals surface area contributed by atoms with Gasteiger partial charge in [0.25, 0.3) is 0 Å². The smallest absolute Gasteiger partial charge is 0.242 e. The maximum atomic E-state index is 13.3. The minimum atomic E-state index is -0.112. The van der Waals surface area contributed by atoms with Crippen LogP contribution in [0, 0.1) is 0 Å². The van der Waals surface area contributed by atoms with Crippen molar-refractivity contribution in [2.24, 2.45) is 0 Å². The van der Waals surface area contributed by atoms with E-state index < -0.39 is 0 Å². The zero-order chi connectivity index (χ0) is 18.8. The average Bonchev–Trinajstić information content (AvgIpc) is 3.00. The second-order valence-corrected chi connectivity index (χ2v) is 8.79. The van der Waals surface area contributed by atoms with Crippen LogP contribution in [-0.4, -0.2) is 48.9 Å². The maximum Gasteiger partial charge on any atom is 0.242 e. The monoisotopic (exact) mass is 422 g/mol. The number of carbonyl (C=O) groups excluding carboxylic acids is 1. The fourth-order valence-electron chi connectivity index (χ4n) is 3.40. The van der Waals surface area contributed by atoms with Gasteiger partial charge in [-0.05, 0) is 42.0 Å². The zero-order valence-electron chi connectivity index (χ0n) is 14.7. The van der Waals surface area contributed by atoms with Crippen LogP contribution in [0.4, 0.5) is 5.69 Å². The molecular weight excluding hydrogens is 403 g/mol. The molecule has 0 bridgehead atoms. The van der Waals surface area contributed by atoms with Gasteiger partial charge in [0, 0.05) is 35.4 Å². The highest BCUT2D eigenvalue weighted by Crippen LogP contribution is 2.46. The van der Waals surface area contributed by atoms with E-state index in [1.54, 1.807) is 11.8 Å². The number of nitrogens with zero attached hydrogens (tertiary/aromatic N) is 2. The van der Waals surface area contributed by atoms with E-state index in [1.807, 2.05) is 53.4 Å². The summed E-state index contributed by atoms with van der Waals surface area (Å²) in [5, 5.41) is 1.16. The molecule has 0 N–H and O–H groups in total. The second kappa shape index (κ2) is 8.41. The summed E-state index contributed by atoms with van der Waals surface area (Å²) in [4.78, 5) is 17.5. The maximum absolute atomic E-state index is 13.3. The zero-order valence-corrected chi connectivity index (χ0v) is 17.0. The fraction of sp³-hybridized carbons (Fsp3) is 0.350. The van der Waals surface area contributed by atoms with E-state index in [0.29, 0.717) is 10.0 Å². The third-order valence-electron chi connectivity index (χ3n) is 4.83. The van der Waals surface area contributed by atoms with Crippen LogP contribution in [0.3, 0.4) is 0 Å². The van der Waals surface area contributed by atoms with Gasteiger partial charge in [0.15, 0.2) is 0 Å². The molecule has 4 nitrogen and oxygen atoms in total. The number of anilines is 1. The molecular formula is C20H20Cl2N2O2S. The fourth-order valence-corrected chi connectivity index (χ4v) is 5.16. The molecule has 2 aliphatic rings. The highest BCUT2D eigenvalue weighted by molar-refractivity contribution is 8.01. The van der Waals surface area contributed by atoms with Gasteiger partial charge < -0.3 is 4.74 Å². The first-order valence-corrected chi connectivity index (χ1v) is 10.6. The average molecular weight is 423 g/mol. The first-order valence-electron chi connectivity index (χ1n) is 8.91. The van der Waals surface area contributed by atoms with Crippen molar-refractivity contribution in [1.82, 2.24) is 4.90 Å². The van der Waals surface area contributed by atoms with Crippen molar-refractivity contribution in [3.8, 4) is 0 Å². The summed E-state index contributed by atoms with van der Waals surface area (Å²) in [5.41, 5.74) is 1.93. The van der Waals surface area contributed by atoms with Crippen LogP contribution in [-0.2, 0) is 9.53 Å². The molecule has 142 valence electrons. The SMILES string of the molecule is O=C1C(CN2CCOCC2)SC(c2ccc(Cl)cc2)N1c1ccc(Cl)cc1. The van der Waals surface area contributed by atoms with Gasteiger partial charge in [0.2, 0.25) is 5.91 Å². The van der Waals surface area contributed by atoms with Crippen LogP contribution < -0.4 is 4.90 Å². The number of hydrogen-bond donors (Lipinski definition) is 0. The second-order valence-electron chi connectivity index (χ2n) is 6.63. The number of thioether (sulfide) groups is 1. The van der Waals surface area contributed by atoms with E-state index in [4.69, 9.17) is 27.9 Å². The number of benzene rings is 2. The summed E-state index contributed by atoms with van der Waals surface area (Å²) < 4.78 is 5.43. The van der Waals surface area contributed by atoms with Crippen molar-refractivity contribution in [3.63, 3.8) is 0 Å². The lowest BCUT2D eigenvalue weighted by Gasteiger charge is -2.28. The molecule has 2 aromatic carbocycles. The highest BCUT2D eigenvalue weighted by atomic mass is 35.5. The van der Waals surface area contributed by atoms with Crippen LogP contribution in [0.2, 0.25) is 10.0 Å². The quantitative estimate of drug-likeness (QED) is 0.727. The largest absolute Gasteiger partial charge is 0.379 e. The van der Waals surface area contributed by atoms with Gasteiger partial charge in [-0.25, -0.2) is 0 Å². The van der Waals surface area contributed by atoms with E-state index >= 15 is 0 Å². The van der Waals surface area contributed by atoms with E-state index in [2.05, 4.69) is 4.90 Å². The van der Waals surface area contributed by atoms with Gasteiger partial charge in [-0.2, -0.15) is 0 Å². The summed E-state index contributed by atoms with van der Waals surface area (Å²) in [6.07, 6.45) is 0. The van der Waals surface area contributed by atoms with E-state index in [-0.39, 0.29) is 16.5 Å².